The molecule has 0 saturated heterocycles. The van der Waals surface area contributed by atoms with Gasteiger partial charge in [-0.1, -0.05) is 154 Å². The van der Waals surface area contributed by atoms with E-state index in [1.54, 1.807) is 0 Å². The maximum Gasteiger partial charge on any atom is 0.285 e. The zero-order valence-electron chi connectivity index (χ0n) is 42.9. The molecule has 380 valence electrons. The van der Waals surface area contributed by atoms with Crippen LogP contribution in [0.4, 0.5) is 0 Å². The van der Waals surface area contributed by atoms with Gasteiger partial charge in [-0.15, -0.1) is 29.7 Å². The van der Waals surface area contributed by atoms with E-state index < -0.39 is 0 Å². The van der Waals surface area contributed by atoms with Crippen molar-refractivity contribution >= 4 is 77.9 Å². The average Bonchev–Trinajstić information content (AvgIpc) is 4.41. The van der Waals surface area contributed by atoms with E-state index in [1.165, 1.54) is 5.56 Å². The number of benzene rings is 9. The molecule has 7 heterocycles. The summed E-state index contributed by atoms with van der Waals surface area (Å²) in [6.45, 7) is 6.39. The molecular formula is C68H43BN4O5Pt-2. The van der Waals surface area contributed by atoms with E-state index in [4.69, 9.17) is 28.0 Å². The predicted octanol–water partition coefficient (Wildman–Crippen LogP) is 14.4. The van der Waals surface area contributed by atoms with Crippen LogP contribution in [0.25, 0.3) is 94.2 Å². The SMILES string of the molecule is CC(C)(C)c1ccnc(-n2c3[c-]c(Oc4[c-]c(-n5[c-][n+](-c6c(-c7ccccc7)cccc6-c6cc7c8c(c6)Oc6oc9ccccc9c6B8c6c(oc8ccccc68)O7)c6ccccc65)ccc4)ccc3c3ccccc32)c1.[Pt]. The van der Waals surface area contributed by atoms with Gasteiger partial charge in [-0.25, -0.2) is 4.98 Å². The van der Waals surface area contributed by atoms with Crippen molar-refractivity contribution in [2.45, 2.75) is 26.2 Å². The third-order valence-electron chi connectivity index (χ3n) is 15.4. The molecule has 9 aromatic carbocycles. The Morgan fingerprint density at radius 1 is 0.544 bits per heavy atom. The number of para-hydroxylation sites is 6. The van der Waals surface area contributed by atoms with Crippen molar-refractivity contribution in [3.8, 4) is 74.3 Å². The maximum absolute atomic E-state index is 6.88. The van der Waals surface area contributed by atoms with Gasteiger partial charge < -0.3 is 32.2 Å². The summed E-state index contributed by atoms with van der Waals surface area (Å²) in [7, 11) is 0. The van der Waals surface area contributed by atoms with Crippen molar-refractivity contribution in [2.24, 2.45) is 0 Å². The molecule has 14 aromatic rings. The van der Waals surface area contributed by atoms with Gasteiger partial charge in [0.05, 0.1) is 16.7 Å². The first-order valence-electron chi connectivity index (χ1n) is 26.1. The summed E-state index contributed by atoms with van der Waals surface area (Å²) in [5.41, 5.74) is 14.8. The number of aromatic nitrogens is 4. The molecule has 11 heteroatoms. The maximum atomic E-state index is 6.88. The van der Waals surface area contributed by atoms with Crippen LogP contribution in [-0.4, -0.2) is 20.8 Å². The summed E-state index contributed by atoms with van der Waals surface area (Å²) < 4.78 is 39.9. The monoisotopic (exact) mass is 1200 g/mol. The van der Waals surface area contributed by atoms with Crippen LogP contribution in [0.5, 0.6) is 34.9 Å². The topological polar surface area (TPSA) is 80.6 Å². The molecule has 0 saturated carbocycles. The van der Waals surface area contributed by atoms with Crippen molar-refractivity contribution in [3.05, 3.63) is 230 Å². The molecule has 5 aromatic heterocycles. The van der Waals surface area contributed by atoms with E-state index >= 15 is 0 Å². The smallest absolute Gasteiger partial charge is 0.285 e. The second-order valence-corrected chi connectivity index (χ2v) is 21.0. The zero-order valence-corrected chi connectivity index (χ0v) is 45.1. The van der Waals surface area contributed by atoms with E-state index in [0.29, 0.717) is 34.9 Å². The zero-order chi connectivity index (χ0) is 51.8. The quantitative estimate of drug-likeness (QED) is 0.0899. The molecular weight excluding hydrogens is 1160 g/mol. The molecule has 0 N–H and O–H groups in total. The Hall–Kier alpha value is -9.37. The Kier molecular flexibility index (Phi) is 10.6. The summed E-state index contributed by atoms with van der Waals surface area (Å²) in [5.74, 6) is 4.14. The van der Waals surface area contributed by atoms with E-state index in [0.717, 1.165) is 111 Å². The average molecular weight is 1200 g/mol. The molecule has 0 aliphatic carbocycles. The van der Waals surface area contributed by atoms with Crippen LogP contribution < -0.4 is 35.2 Å². The van der Waals surface area contributed by atoms with Gasteiger partial charge in [0.15, 0.2) is 0 Å². The van der Waals surface area contributed by atoms with Gasteiger partial charge >= 0.3 is 0 Å². The largest absolute Gasteiger partial charge is 0.510 e. The number of fused-ring (bicyclic) bond motifs is 12. The molecule has 0 bridgehead atoms. The van der Waals surface area contributed by atoms with Crippen LogP contribution in [0.15, 0.2) is 215 Å². The number of imidazole rings is 1. The van der Waals surface area contributed by atoms with E-state index in [-0.39, 0.29) is 33.2 Å². The third-order valence-corrected chi connectivity index (χ3v) is 15.4. The fraction of sp³-hybridized carbons (Fsp3) is 0.0588. The first-order chi connectivity index (χ1) is 38.3. The summed E-state index contributed by atoms with van der Waals surface area (Å²) >= 11 is 0. The Labute approximate surface area is 468 Å². The van der Waals surface area contributed by atoms with Crippen LogP contribution in [0.1, 0.15) is 26.3 Å². The number of nitrogens with zero attached hydrogens (tertiary/aromatic N) is 4. The molecule has 2 aliphatic rings. The Balaban J connectivity index is 0.00000541. The number of rotatable bonds is 7. The molecule has 0 atom stereocenters. The number of pyridine rings is 1. The predicted molar refractivity (Wildman–Crippen MR) is 307 cm³/mol. The Bertz CT molecular complexity index is 4690. The standard InChI is InChI=1S/C68H43BN4O5.Pt/c1-68(2,3)43-33-34-70-61(37-43)73-53-26-10-7-21-49(53)50-32-31-46(39-56(50)73)74-45-20-15-19-44(38-45)71-40-72(55-28-12-11-27-54(55)71)65-47(41-17-5-4-6-18-41)24-16-25-48(65)42-35-59-64-60(36-42)78-67-63(52-23-9-14-30-58(52)76-67)69(64)62-51-22-8-13-29-57(51)75-66(62)77-59;/h4-37H,1-3H3;/q-2;. The third kappa shape index (κ3) is 7.35. The van der Waals surface area contributed by atoms with E-state index in [2.05, 4.69) is 182 Å². The molecule has 16 rings (SSSR count). The minimum absolute atomic E-state index is 0. The molecule has 0 unspecified atom stereocenters. The van der Waals surface area contributed by atoms with Crippen molar-refractivity contribution < 1.29 is 48.7 Å². The minimum Gasteiger partial charge on any atom is -0.510 e. The van der Waals surface area contributed by atoms with Gasteiger partial charge in [0.1, 0.15) is 28.5 Å². The molecule has 9 nitrogen and oxygen atoms in total. The molecule has 0 fully saturated rings. The van der Waals surface area contributed by atoms with Gasteiger partial charge in [-0.3, -0.25) is 4.57 Å². The van der Waals surface area contributed by atoms with Gasteiger partial charge in [0.25, 0.3) is 24.9 Å². The Morgan fingerprint density at radius 3 is 1.89 bits per heavy atom. The molecule has 0 radical (unpaired) electrons. The van der Waals surface area contributed by atoms with Gasteiger partial charge in [0.2, 0.25) is 0 Å². The molecule has 0 spiro atoms. The number of hydrogen-bond donors (Lipinski definition) is 0. The minimum atomic E-state index is -0.267. The van der Waals surface area contributed by atoms with Crippen molar-refractivity contribution in [2.75, 3.05) is 0 Å². The second kappa shape index (κ2) is 17.8. The first kappa shape index (κ1) is 46.9. The summed E-state index contributed by atoms with van der Waals surface area (Å²) in [5, 5.41) is 4.16. The number of ether oxygens (including phenoxy) is 3. The molecule has 2 aliphatic heterocycles. The fourth-order valence-corrected chi connectivity index (χ4v) is 11.8. The molecule has 79 heavy (non-hydrogen) atoms. The van der Waals surface area contributed by atoms with Crippen LogP contribution in [0.3, 0.4) is 0 Å². The van der Waals surface area contributed by atoms with Gasteiger partial charge in [-0.2, -0.15) is 18.2 Å². The fourth-order valence-electron chi connectivity index (χ4n) is 11.8. The van der Waals surface area contributed by atoms with Crippen LogP contribution in [0, 0.1) is 18.5 Å². The van der Waals surface area contributed by atoms with Gasteiger partial charge in [-0.05, 0) is 86.8 Å². The van der Waals surface area contributed by atoms with Gasteiger partial charge in [0, 0.05) is 71.4 Å². The molecule has 0 amide bonds. The van der Waals surface area contributed by atoms with Crippen molar-refractivity contribution in [1.82, 2.24) is 14.1 Å². The second-order valence-electron chi connectivity index (χ2n) is 21.0. The summed E-state index contributed by atoms with van der Waals surface area (Å²) in [6, 6.07) is 75.6. The van der Waals surface area contributed by atoms with Crippen LogP contribution in [-0.2, 0) is 26.5 Å². The van der Waals surface area contributed by atoms with Crippen molar-refractivity contribution in [1.29, 1.82) is 0 Å². The van der Waals surface area contributed by atoms with E-state index in [9.17, 15) is 0 Å². The van der Waals surface area contributed by atoms with Crippen LogP contribution in [0.2, 0.25) is 0 Å². The van der Waals surface area contributed by atoms with Crippen molar-refractivity contribution in [3.63, 3.8) is 0 Å². The number of furan rings is 2. The summed E-state index contributed by atoms with van der Waals surface area (Å²) in [4.78, 5) is 4.88. The van der Waals surface area contributed by atoms with Crippen LogP contribution >= 0.6 is 0 Å². The number of hydrogen-bond acceptors (Lipinski definition) is 6. The summed E-state index contributed by atoms with van der Waals surface area (Å²) in [6.07, 6.45) is 5.70. The normalized spacial score (nSPS) is 12.6. The van der Waals surface area contributed by atoms with E-state index in [1.807, 2.05) is 77.5 Å². The first-order valence-corrected chi connectivity index (χ1v) is 26.1. The Morgan fingerprint density at radius 2 is 1.16 bits per heavy atom.